The molecule has 0 aromatic rings. The topological polar surface area (TPSA) is 80.4 Å². The van der Waals surface area contributed by atoms with E-state index in [0.717, 1.165) is 12.8 Å². The minimum atomic E-state index is -3.85. The van der Waals surface area contributed by atoms with E-state index in [2.05, 4.69) is 0 Å². The van der Waals surface area contributed by atoms with Crippen LogP contribution in [0.4, 0.5) is 0 Å². The average Bonchev–Trinajstić information content (AvgIpc) is 2.12. The Morgan fingerprint density at radius 3 is 2.12 bits per heavy atom. The molecule has 5 heteroatoms. The number of nitrogens with two attached hydrogens (primary N) is 1. The zero-order valence-corrected chi connectivity index (χ0v) is 10.6. The maximum atomic E-state index is 10.6. The highest BCUT2D eigenvalue weighted by atomic mass is 32.2. The zero-order chi connectivity index (χ0) is 12.0. The SMILES string of the molecule is NC(CCS(=O)(=O)O)C1CCCCCCC1. The predicted octanol–water partition coefficient (Wildman–Crippen LogP) is 1.95. The molecule has 1 saturated carbocycles. The summed E-state index contributed by atoms with van der Waals surface area (Å²) in [5.41, 5.74) is 6.00. The summed E-state index contributed by atoms with van der Waals surface area (Å²) in [7, 11) is -3.85. The fourth-order valence-corrected chi connectivity index (χ4v) is 3.01. The molecule has 4 nitrogen and oxygen atoms in total. The second kappa shape index (κ2) is 6.57. The fraction of sp³-hybridized carbons (Fsp3) is 1.00. The van der Waals surface area contributed by atoms with Gasteiger partial charge in [-0.1, -0.05) is 32.1 Å². The molecular formula is C11H23NO3S. The number of rotatable bonds is 4. The Labute approximate surface area is 98.4 Å². The van der Waals surface area contributed by atoms with E-state index < -0.39 is 10.1 Å². The lowest BCUT2D eigenvalue weighted by Crippen LogP contribution is -2.32. The second-order valence-electron chi connectivity index (χ2n) is 4.84. The van der Waals surface area contributed by atoms with Crippen molar-refractivity contribution in [1.82, 2.24) is 0 Å². The van der Waals surface area contributed by atoms with Crippen LogP contribution in [0.15, 0.2) is 0 Å². The molecule has 96 valence electrons. The van der Waals surface area contributed by atoms with Gasteiger partial charge in [0.25, 0.3) is 10.1 Å². The number of hydrogen-bond acceptors (Lipinski definition) is 3. The molecule has 0 saturated heterocycles. The summed E-state index contributed by atoms with van der Waals surface area (Å²) in [5.74, 6) is 0.229. The number of hydrogen-bond donors (Lipinski definition) is 2. The van der Waals surface area contributed by atoms with Crippen molar-refractivity contribution >= 4 is 10.1 Å². The Morgan fingerprint density at radius 1 is 1.12 bits per heavy atom. The van der Waals surface area contributed by atoms with E-state index >= 15 is 0 Å². The lowest BCUT2D eigenvalue weighted by Gasteiger charge is -2.25. The van der Waals surface area contributed by atoms with Crippen LogP contribution in [0, 0.1) is 5.92 Å². The van der Waals surface area contributed by atoms with Gasteiger partial charge in [-0.25, -0.2) is 0 Å². The van der Waals surface area contributed by atoms with Gasteiger partial charge in [-0.15, -0.1) is 0 Å². The zero-order valence-electron chi connectivity index (χ0n) is 9.77. The molecular weight excluding hydrogens is 226 g/mol. The molecule has 0 radical (unpaired) electrons. The van der Waals surface area contributed by atoms with Crippen LogP contribution in [-0.2, 0) is 10.1 Å². The molecule has 0 amide bonds. The summed E-state index contributed by atoms with van der Waals surface area (Å²) in [6.07, 6.45) is 8.83. The van der Waals surface area contributed by atoms with E-state index in [1.165, 1.54) is 32.1 Å². The van der Waals surface area contributed by atoms with Crippen molar-refractivity contribution in [1.29, 1.82) is 0 Å². The first-order valence-corrected chi connectivity index (χ1v) is 7.81. The van der Waals surface area contributed by atoms with Gasteiger partial charge in [0.2, 0.25) is 0 Å². The first-order chi connectivity index (χ1) is 7.49. The summed E-state index contributed by atoms with van der Waals surface area (Å²) in [4.78, 5) is 0. The highest BCUT2D eigenvalue weighted by molar-refractivity contribution is 7.85. The fourth-order valence-electron chi connectivity index (χ4n) is 2.44. The Kier molecular flexibility index (Phi) is 5.72. The van der Waals surface area contributed by atoms with Crippen LogP contribution in [0.25, 0.3) is 0 Å². The monoisotopic (exact) mass is 249 g/mol. The molecule has 0 aromatic carbocycles. The molecule has 1 aliphatic carbocycles. The summed E-state index contributed by atoms with van der Waals surface area (Å²) in [5, 5.41) is 0. The summed E-state index contributed by atoms with van der Waals surface area (Å²) >= 11 is 0. The Morgan fingerprint density at radius 2 is 1.62 bits per heavy atom. The molecule has 0 aromatic heterocycles. The largest absolute Gasteiger partial charge is 0.327 e. The Hall–Kier alpha value is -0.130. The van der Waals surface area contributed by atoms with E-state index in [9.17, 15) is 8.42 Å². The van der Waals surface area contributed by atoms with Gasteiger partial charge >= 0.3 is 0 Å². The van der Waals surface area contributed by atoms with E-state index in [1.54, 1.807) is 0 Å². The molecule has 1 rings (SSSR count). The van der Waals surface area contributed by atoms with Gasteiger partial charge in [-0.2, -0.15) is 8.42 Å². The molecule has 16 heavy (non-hydrogen) atoms. The normalized spacial score (nSPS) is 22.4. The molecule has 3 N–H and O–H groups in total. The molecule has 0 heterocycles. The van der Waals surface area contributed by atoms with E-state index in [0.29, 0.717) is 12.3 Å². The van der Waals surface area contributed by atoms with Crippen molar-refractivity contribution in [2.45, 2.75) is 57.4 Å². The molecule has 0 bridgehead atoms. The van der Waals surface area contributed by atoms with Crippen molar-refractivity contribution < 1.29 is 13.0 Å². The standard InChI is InChI=1S/C11H23NO3S/c12-11(8-9-16(13,14)15)10-6-4-2-1-3-5-7-10/h10-11H,1-9,12H2,(H,13,14,15). The van der Waals surface area contributed by atoms with Gasteiger partial charge in [0.1, 0.15) is 0 Å². The summed E-state index contributed by atoms with van der Waals surface area (Å²) in [6.45, 7) is 0. The van der Waals surface area contributed by atoms with Crippen molar-refractivity contribution in [2.24, 2.45) is 11.7 Å². The maximum Gasteiger partial charge on any atom is 0.264 e. The van der Waals surface area contributed by atoms with Gasteiger partial charge in [0.15, 0.2) is 0 Å². The minimum absolute atomic E-state index is 0.0833. The lowest BCUT2D eigenvalue weighted by atomic mass is 9.85. The molecule has 1 atom stereocenters. The third kappa shape index (κ3) is 5.82. The average molecular weight is 249 g/mol. The third-order valence-corrected chi connectivity index (χ3v) is 4.22. The Balaban J connectivity index is 2.35. The van der Waals surface area contributed by atoms with Crippen molar-refractivity contribution in [3.8, 4) is 0 Å². The van der Waals surface area contributed by atoms with E-state index in [1.807, 2.05) is 0 Å². The molecule has 1 unspecified atom stereocenters. The minimum Gasteiger partial charge on any atom is -0.327 e. The van der Waals surface area contributed by atoms with Crippen LogP contribution >= 0.6 is 0 Å². The van der Waals surface area contributed by atoms with Crippen molar-refractivity contribution in [3.63, 3.8) is 0 Å². The van der Waals surface area contributed by atoms with Crippen LogP contribution in [0.1, 0.15) is 51.4 Å². The van der Waals surface area contributed by atoms with Crippen LogP contribution in [0.3, 0.4) is 0 Å². The van der Waals surface area contributed by atoms with E-state index in [4.69, 9.17) is 10.3 Å². The smallest absolute Gasteiger partial charge is 0.264 e. The highest BCUT2D eigenvalue weighted by Gasteiger charge is 2.20. The van der Waals surface area contributed by atoms with Crippen LogP contribution in [0.5, 0.6) is 0 Å². The summed E-state index contributed by atoms with van der Waals surface area (Å²) < 4.78 is 30.0. The van der Waals surface area contributed by atoms with Gasteiger partial charge in [-0.05, 0) is 25.2 Å². The molecule has 1 fully saturated rings. The first kappa shape index (κ1) is 13.9. The quantitative estimate of drug-likeness (QED) is 0.746. The summed E-state index contributed by atoms with van der Waals surface area (Å²) in [6, 6.07) is -0.0833. The van der Waals surface area contributed by atoms with Gasteiger partial charge in [0.05, 0.1) is 5.75 Å². The molecule has 0 aliphatic heterocycles. The Bertz CT molecular complexity index is 282. The van der Waals surface area contributed by atoms with Crippen molar-refractivity contribution in [2.75, 3.05) is 5.75 Å². The van der Waals surface area contributed by atoms with Crippen LogP contribution in [0.2, 0.25) is 0 Å². The van der Waals surface area contributed by atoms with Crippen molar-refractivity contribution in [3.05, 3.63) is 0 Å². The van der Waals surface area contributed by atoms with E-state index in [-0.39, 0.29) is 11.8 Å². The van der Waals surface area contributed by atoms with Crippen LogP contribution in [-0.4, -0.2) is 24.8 Å². The highest BCUT2D eigenvalue weighted by Crippen LogP contribution is 2.25. The van der Waals surface area contributed by atoms with Gasteiger partial charge in [0, 0.05) is 6.04 Å². The third-order valence-electron chi connectivity index (χ3n) is 3.46. The predicted molar refractivity (Wildman–Crippen MR) is 64.8 cm³/mol. The van der Waals surface area contributed by atoms with Crippen LogP contribution < -0.4 is 5.73 Å². The van der Waals surface area contributed by atoms with Gasteiger partial charge in [-0.3, -0.25) is 4.55 Å². The second-order valence-corrected chi connectivity index (χ2v) is 6.42. The lowest BCUT2D eigenvalue weighted by molar-refractivity contribution is 0.317. The molecule has 0 spiro atoms. The first-order valence-electron chi connectivity index (χ1n) is 6.20. The molecule has 1 aliphatic rings. The van der Waals surface area contributed by atoms with Gasteiger partial charge < -0.3 is 5.73 Å². The maximum absolute atomic E-state index is 10.6.